The fourth-order valence-electron chi connectivity index (χ4n) is 1.36. The fourth-order valence-corrected chi connectivity index (χ4v) is 1.36. The predicted molar refractivity (Wildman–Crippen MR) is 74.2 cm³/mol. The Labute approximate surface area is 119 Å². The molecular formula is C13H24N4O3. The summed E-state index contributed by atoms with van der Waals surface area (Å²) in [5.41, 5.74) is -0.536. The largest absolute Gasteiger partial charge is 0.444 e. The van der Waals surface area contributed by atoms with E-state index in [2.05, 4.69) is 15.5 Å². The molecule has 1 aromatic heterocycles. The van der Waals surface area contributed by atoms with Crippen molar-refractivity contribution in [3.8, 4) is 0 Å². The maximum atomic E-state index is 11.7. The summed E-state index contributed by atoms with van der Waals surface area (Å²) < 4.78 is 10.4. The smallest absolute Gasteiger partial charge is 0.408 e. The van der Waals surface area contributed by atoms with E-state index in [0.29, 0.717) is 11.7 Å². The molecule has 0 bridgehead atoms. The van der Waals surface area contributed by atoms with E-state index >= 15 is 0 Å². The third-order valence-corrected chi connectivity index (χ3v) is 2.71. The van der Waals surface area contributed by atoms with Crippen LogP contribution in [0.5, 0.6) is 0 Å². The molecule has 1 rings (SSSR count). The molecule has 0 saturated carbocycles. The van der Waals surface area contributed by atoms with Crippen LogP contribution in [0.15, 0.2) is 4.52 Å². The average Bonchev–Trinajstić information content (AvgIpc) is 2.73. The number of hydrogen-bond acceptors (Lipinski definition) is 6. The van der Waals surface area contributed by atoms with Crippen LogP contribution < -0.4 is 5.32 Å². The van der Waals surface area contributed by atoms with Crippen LogP contribution in [-0.2, 0) is 4.74 Å². The number of rotatable bonds is 4. The van der Waals surface area contributed by atoms with Gasteiger partial charge in [-0.3, -0.25) is 4.90 Å². The van der Waals surface area contributed by atoms with Gasteiger partial charge in [-0.2, -0.15) is 4.98 Å². The second-order valence-electron chi connectivity index (χ2n) is 6.00. The minimum Gasteiger partial charge on any atom is -0.444 e. The summed E-state index contributed by atoms with van der Waals surface area (Å²) in [7, 11) is 3.85. The molecule has 20 heavy (non-hydrogen) atoms. The van der Waals surface area contributed by atoms with Gasteiger partial charge in [-0.25, -0.2) is 4.79 Å². The van der Waals surface area contributed by atoms with Crippen LogP contribution in [0.2, 0.25) is 0 Å². The van der Waals surface area contributed by atoms with Crippen molar-refractivity contribution in [3.05, 3.63) is 11.7 Å². The molecule has 1 N–H and O–H groups in total. The van der Waals surface area contributed by atoms with E-state index in [-0.39, 0.29) is 12.1 Å². The number of alkyl carbamates (subject to hydrolysis) is 1. The summed E-state index contributed by atoms with van der Waals surface area (Å²) >= 11 is 0. The molecule has 0 fully saturated rings. The second-order valence-corrected chi connectivity index (χ2v) is 6.00. The molecule has 0 radical (unpaired) electrons. The Balaban J connectivity index is 2.65. The van der Waals surface area contributed by atoms with Gasteiger partial charge in [-0.05, 0) is 48.7 Å². The number of amides is 1. The monoisotopic (exact) mass is 284 g/mol. The van der Waals surface area contributed by atoms with E-state index in [0.717, 1.165) is 0 Å². The van der Waals surface area contributed by atoms with Crippen LogP contribution >= 0.6 is 0 Å². The molecule has 114 valence electrons. The first-order chi connectivity index (χ1) is 9.10. The summed E-state index contributed by atoms with van der Waals surface area (Å²) in [6.45, 7) is 9.16. The third kappa shape index (κ3) is 4.80. The lowest BCUT2D eigenvalue weighted by atomic mass is 10.2. The van der Waals surface area contributed by atoms with E-state index in [9.17, 15) is 4.79 Å². The van der Waals surface area contributed by atoms with Gasteiger partial charge >= 0.3 is 6.09 Å². The van der Waals surface area contributed by atoms with Crippen molar-refractivity contribution in [2.24, 2.45) is 0 Å². The van der Waals surface area contributed by atoms with Gasteiger partial charge in [0, 0.05) is 0 Å². The maximum absolute atomic E-state index is 11.7. The lowest BCUT2D eigenvalue weighted by Gasteiger charge is -2.21. The Kier molecular flexibility index (Phi) is 5.10. The van der Waals surface area contributed by atoms with Crippen molar-refractivity contribution >= 4 is 6.09 Å². The standard InChI is InChI=1S/C13H24N4O3/c1-8(14-12(18)19-13(3,4)5)10-15-11(20-16-10)9(2)17(6)7/h8-9H,1-7H3,(H,14,18)/t8-,9+/m1/s1. The van der Waals surface area contributed by atoms with E-state index in [1.165, 1.54) is 0 Å². The molecular weight excluding hydrogens is 260 g/mol. The molecule has 0 spiro atoms. The van der Waals surface area contributed by atoms with Crippen molar-refractivity contribution in [3.63, 3.8) is 0 Å². The summed E-state index contributed by atoms with van der Waals surface area (Å²) in [6.07, 6.45) is -0.503. The van der Waals surface area contributed by atoms with E-state index in [1.54, 1.807) is 6.92 Å². The number of nitrogens with zero attached hydrogens (tertiary/aromatic N) is 3. The first-order valence-corrected chi connectivity index (χ1v) is 6.59. The highest BCUT2D eigenvalue weighted by molar-refractivity contribution is 5.68. The Bertz CT molecular complexity index is 451. The first kappa shape index (κ1) is 16.4. The topological polar surface area (TPSA) is 80.5 Å². The molecule has 0 aliphatic heterocycles. The van der Waals surface area contributed by atoms with Gasteiger partial charge < -0.3 is 14.6 Å². The van der Waals surface area contributed by atoms with Gasteiger partial charge in [0.2, 0.25) is 5.89 Å². The van der Waals surface area contributed by atoms with Crippen molar-refractivity contribution in [2.75, 3.05) is 14.1 Å². The first-order valence-electron chi connectivity index (χ1n) is 6.59. The molecule has 0 aliphatic rings. The highest BCUT2D eigenvalue weighted by Gasteiger charge is 2.22. The summed E-state index contributed by atoms with van der Waals surface area (Å²) in [5.74, 6) is 0.947. The Morgan fingerprint density at radius 3 is 2.45 bits per heavy atom. The molecule has 0 aliphatic carbocycles. The van der Waals surface area contributed by atoms with Gasteiger partial charge in [0.25, 0.3) is 0 Å². The van der Waals surface area contributed by atoms with Gasteiger partial charge in [-0.1, -0.05) is 5.16 Å². The fraction of sp³-hybridized carbons (Fsp3) is 0.769. The highest BCUT2D eigenvalue weighted by Crippen LogP contribution is 2.17. The van der Waals surface area contributed by atoms with Crippen molar-refractivity contribution in [2.45, 2.75) is 52.3 Å². The molecule has 7 nitrogen and oxygen atoms in total. The van der Waals surface area contributed by atoms with Gasteiger partial charge in [-0.15, -0.1) is 0 Å². The molecule has 1 aromatic rings. The highest BCUT2D eigenvalue weighted by atomic mass is 16.6. The number of ether oxygens (including phenoxy) is 1. The van der Waals surface area contributed by atoms with Crippen LogP contribution in [0, 0.1) is 0 Å². The van der Waals surface area contributed by atoms with E-state index < -0.39 is 11.7 Å². The van der Waals surface area contributed by atoms with Crippen LogP contribution in [0.4, 0.5) is 4.79 Å². The number of aromatic nitrogens is 2. The SMILES string of the molecule is C[C@@H](NC(=O)OC(C)(C)C)c1noc([C@H](C)N(C)C)n1. The van der Waals surface area contributed by atoms with Crippen LogP contribution in [0.3, 0.4) is 0 Å². The summed E-state index contributed by atoms with van der Waals surface area (Å²) in [5, 5.41) is 6.56. The number of nitrogens with one attached hydrogen (secondary N) is 1. The zero-order chi connectivity index (χ0) is 15.5. The predicted octanol–water partition coefficient (Wildman–Crippen LogP) is 2.28. The second kappa shape index (κ2) is 6.21. The lowest BCUT2D eigenvalue weighted by molar-refractivity contribution is 0.0505. The third-order valence-electron chi connectivity index (χ3n) is 2.71. The van der Waals surface area contributed by atoms with Crippen molar-refractivity contribution in [1.82, 2.24) is 20.4 Å². The zero-order valence-electron chi connectivity index (χ0n) is 13.2. The molecule has 0 saturated heterocycles. The molecule has 2 atom stereocenters. The zero-order valence-corrected chi connectivity index (χ0v) is 13.2. The molecule has 1 amide bonds. The van der Waals surface area contributed by atoms with E-state index in [1.807, 2.05) is 46.7 Å². The minimum atomic E-state index is -0.536. The van der Waals surface area contributed by atoms with Crippen LogP contribution in [0.25, 0.3) is 0 Å². The van der Waals surface area contributed by atoms with Crippen molar-refractivity contribution in [1.29, 1.82) is 0 Å². The molecule has 0 aromatic carbocycles. The molecule has 1 heterocycles. The number of carbonyl (C=O) groups excluding carboxylic acids is 1. The molecule has 7 heteroatoms. The Morgan fingerprint density at radius 1 is 1.35 bits per heavy atom. The van der Waals surface area contributed by atoms with Gasteiger partial charge in [0.1, 0.15) is 5.60 Å². The Morgan fingerprint density at radius 2 is 1.95 bits per heavy atom. The van der Waals surface area contributed by atoms with Crippen molar-refractivity contribution < 1.29 is 14.1 Å². The van der Waals surface area contributed by atoms with Crippen LogP contribution in [0.1, 0.15) is 58.4 Å². The number of hydrogen-bond donors (Lipinski definition) is 1. The van der Waals surface area contributed by atoms with Gasteiger partial charge in [0.15, 0.2) is 5.82 Å². The molecule has 0 unspecified atom stereocenters. The number of carbonyl (C=O) groups is 1. The Hall–Kier alpha value is -1.63. The normalized spacial score (nSPS) is 15.0. The quantitative estimate of drug-likeness (QED) is 0.913. The summed E-state index contributed by atoms with van der Waals surface area (Å²) in [6, 6.07) is -0.360. The average molecular weight is 284 g/mol. The minimum absolute atomic E-state index is 0.0185. The lowest BCUT2D eigenvalue weighted by Crippen LogP contribution is -2.34. The summed E-state index contributed by atoms with van der Waals surface area (Å²) in [4.78, 5) is 17.9. The van der Waals surface area contributed by atoms with Gasteiger partial charge in [0.05, 0.1) is 12.1 Å². The maximum Gasteiger partial charge on any atom is 0.408 e. The van der Waals surface area contributed by atoms with Crippen LogP contribution in [-0.4, -0.2) is 40.8 Å². The van der Waals surface area contributed by atoms with E-state index in [4.69, 9.17) is 9.26 Å².